The van der Waals surface area contributed by atoms with E-state index in [0.29, 0.717) is 17.4 Å². The minimum atomic E-state index is -0.114. The van der Waals surface area contributed by atoms with Crippen LogP contribution < -0.4 is 5.56 Å². The maximum Gasteiger partial charge on any atom is 0.251 e. The molecule has 0 bridgehead atoms. The number of hydrogen-bond donors (Lipinski definition) is 1. The summed E-state index contributed by atoms with van der Waals surface area (Å²) in [5, 5.41) is 4.52. The Morgan fingerprint density at radius 1 is 1.24 bits per heavy atom. The van der Waals surface area contributed by atoms with Crippen molar-refractivity contribution in [2.45, 2.75) is 52.1 Å². The molecule has 4 heterocycles. The summed E-state index contributed by atoms with van der Waals surface area (Å²) in [5.74, 6) is 0.856. The summed E-state index contributed by atoms with van der Waals surface area (Å²) in [6, 6.07) is 7.27. The summed E-state index contributed by atoms with van der Waals surface area (Å²) < 4.78 is 2.10. The van der Waals surface area contributed by atoms with Gasteiger partial charge in [-0.15, -0.1) is 0 Å². The van der Waals surface area contributed by atoms with Gasteiger partial charge >= 0.3 is 0 Å². The molecule has 3 aromatic rings. The van der Waals surface area contributed by atoms with E-state index in [1.807, 2.05) is 24.4 Å². The third-order valence-corrected chi connectivity index (χ3v) is 5.71. The Balaban J connectivity index is 1.42. The molecule has 0 unspecified atom stereocenters. The summed E-state index contributed by atoms with van der Waals surface area (Å²) in [6.45, 7) is 8.23. The highest BCUT2D eigenvalue weighted by Crippen LogP contribution is 2.28. The van der Waals surface area contributed by atoms with Crippen LogP contribution in [0.25, 0.3) is 11.5 Å². The van der Waals surface area contributed by atoms with E-state index in [-0.39, 0.29) is 5.56 Å². The molecule has 0 atom stereocenters. The zero-order chi connectivity index (χ0) is 20.2. The van der Waals surface area contributed by atoms with Crippen LogP contribution in [0, 0.1) is 6.92 Å². The highest BCUT2D eigenvalue weighted by Gasteiger charge is 2.23. The molecule has 1 aliphatic rings. The molecule has 1 aliphatic heterocycles. The number of piperidine rings is 1. The molecule has 0 aromatic carbocycles. The van der Waals surface area contributed by atoms with E-state index in [1.165, 1.54) is 11.3 Å². The molecule has 0 amide bonds. The Kier molecular flexibility index (Phi) is 5.85. The average molecular weight is 393 g/mol. The van der Waals surface area contributed by atoms with Crippen molar-refractivity contribution in [2.75, 3.05) is 13.1 Å². The summed E-state index contributed by atoms with van der Waals surface area (Å²) in [7, 11) is 0. The van der Waals surface area contributed by atoms with Gasteiger partial charge in [-0.05, 0) is 51.4 Å². The van der Waals surface area contributed by atoms with E-state index in [0.717, 1.165) is 51.1 Å². The van der Waals surface area contributed by atoms with Gasteiger partial charge in [-0.1, -0.05) is 13.0 Å². The van der Waals surface area contributed by atoms with Crippen LogP contribution >= 0.6 is 0 Å². The second-order valence-corrected chi connectivity index (χ2v) is 7.76. The number of H-pyrrole nitrogens is 1. The Morgan fingerprint density at radius 2 is 2.07 bits per heavy atom. The lowest BCUT2D eigenvalue weighted by Crippen LogP contribution is -2.33. The maximum atomic E-state index is 12.2. The molecule has 3 aromatic heterocycles. The zero-order valence-electron chi connectivity index (χ0n) is 17.1. The van der Waals surface area contributed by atoms with Gasteiger partial charge in [0.15, 0.2) is 5.82 Å². The number of nitrogens with zero attached hydrogens (tertiary/aromatic N) is 5. The summed E-state index contributed by atoms with van der Waals surface area (Å²) in [6.07, 6.45) is 6.82. The second kappa shape index (κ2) is 8.69. The fourth-order valence-electron chi connectivity index (χ4n) is 4.02. The summed E-state index contributed by atoms with van der Waals surface area (Å²) in [4.78, 5) is 26.5. The topological polar surface area (TPSA) is 79.7 Å². The third kappa shape index (κ3) is 4.45. The first-order valence-corrected chi connectivity index (χ1v) is 10.4. The standard InChI is InChI=1S/C22H28N6O/c1-3-10-28-16(2)18(14-24-28)15-27-11-7-17(8-12-27)20-13-21(29)26-22(25-20)19-6-4-5-9-23-19/h4-6,9,13-14,17H,3,7-8,10-12,15H2,1-2H3,(H,25,26,29). The zero-order valence-corrected chi connectivity index (χ0v) is 17.1. The van der Waals surface area contributed by atoms with E-state index in [4.69, 9.17) is 4.98 Å². The van der Waals surface area contributed by atoms with Crippen molar-refractivity contribution in [3.63, 3.8) is 0 Å². The first kappa shape index (κ1) is 19.5. The smallest absolute Gasteiger partial charge is 0.251 e. The SMILES string of the molecule is CCCn1ncc(CN2CCC(c3cc(=O)[nH]c(-c4ccccn4)n3)CC2)c1C. The van der Waals surface area contributed by atoms with Crippen LogP contribution in [0.1, 0.15) is 49.1 Å². The van der Waals surface area contributed by atoms with E-state index in [2.05, 4.69) is 38.5 Å². The fraction of sp³-hybridized carbons (Fsp3) is 0.455. The predicted octanol–water partition coefficient (Wildman–Crippen LogP) is 3.13. The van der Waals surface area contributed by atoms with E-state index in [9.17, 15) is 4.79 Å². The minimum Gasteiger partial charge on any atom is -0.305 e. The Morgan fingerprint density at radius 3 is 2.79 bits per heavy atom. The molecular formula is C22H28N6O. The van der Waals surface area contributed by atoms with Gasteiger partial charge in [0.2, 0.25) is 0 Å². The van der Waals surface area contributed by atoms with Gasteiger partial charge in [-0.2, -0.15) is 5.10 Å². The fourth-order valence-corrected chi connectivity index (χ4v) is 4.02. The minimum absolute atomic E-state index is 0.114. The van der Waals surface area contributed by atoms with Crippen molar-refractivity contribution in [1.29, 1.82) is 0 Å². The van der Waals surface area contributed by atoms with Crippen molar-refractivity contribution in [3.8, 4) is 11.5 Å². The van der Waals surface area contributed by atoms with E-state index in [1.54, 1.807) is 12.3 Å². The molecular weight excluding hydrogens is 364 g/mol. The number of aromatic nitrogens is 5. The number of likely N-dealkylation sites (tertiary alicyclic amines) is 1. The lowest BCUT2D eigenvalue weighted by atomic mass is 9.93. The first-order valence-electron chi connectivity index (χ1n) is 10.4. The highest BCUT2D eigenvalue weighted by molar-refractivity contribution is 5.48. The first-order chi connectivity index (χ1) is 14.1. The number of hydrogen-bond acceptors (Lipinski definition) is 5. The van der Waals surface area contributed by atoms with E-state index >= 15 is 0 Å². The van der Waals surface area contributed by atoms with Crippen LogP contribution in [0.15, 0.2) is 41.5 Å². The number of aryl methyl sites for hydroxylation is 1. The number of pyridine rings is 1. The van der Waals surface area contributed by atoms with Crippen molar-refractivity contribution in [2.24, 2.45) is 0 Å². The second-order valence-electron chi connectivity index (χ2n) is 7.76. The van der Waals surface area contributed by atoms with Crippen LogP contribution in [0.5, 0.6) is 0 Å². The highest BCUT2D eigenvalue weighted by atomic mass is 16.1. The van der Waals surface area contributed by atoms with Crippen molar-refractivity contribution in [3.05, 3.63) is 64.0 Å². The number of nitrogens with one attached hydrogen (secondary N) is 1. The lowest BCUT2D eigenvalue weighted by molar-refractivity contribution is 0.203. The monoisotopic (exact) mass is 392 g/mol. The van der Waals surface area contributed by atoms with Crippen molar-refractivity contribution < 1.29 is 0 Å². The Bertz CT molecular complexity index is 1000. The van der Waals surface area contributed by atoms with Gasteiger partial charge in [-0.3, -0.25) is 19.4 Å². The van der Waals surface area contributed by atoms with E-state index < -0.39 is 0 Å². The maximum absolute atomic E-state index is 12.2. The van der Waals surface area contributed by atoms with Gasteiger partial charge in [0.25, 0.3) is 5.56 Å². The quantitative estimate of drug-likeness (QED) is 0.697. The van der Waals surface area contributed by atoms with Crippen LogP contribution in [-0.2, 0) is 13.1 Å². The Labute approximate surface area is 170 Å². The molecule has 4 rings (SSSR count). The molecule has 0 saturated carbocycles. The average Bonchev–Trinajstić information content (AvgIpc) is 3.08. The van der Waals surface area contributed by atoms with Gasteiger partial charge in [-0.25, -0.2) is 4.98 Å². The molecule has 0 aliphatic carbocycles. The molecule has 152 valence electrons. The third-order valence-electron chi connectivity index (χ3n) is 5.71. The summed E-state index contributed by atoms with van der Waals surface area (Å²) >= 11 is 0. The molecule has 1 fully saturated rings. The summed E-state index contributed by atoms with van der Waals surface area (Å²) in [5.41, 5.74) is 4.04. The normalized spacial score (nSPS) is 15.7. The lowest BCUT2D eigenvalue weighted by Gasteiger charge is -2.31. The molecule has 0 radical (unpaired) electrons. The van der Waals surface area contributed by atoms with Crippen molar-refractivity contribution in [1.82, 2.24) is 29.6 Å². The van der Waals surface area contributed by atoms with Crippen molar-refractivity contribution >= 4 is 0 Å². The van der Waals surface area contributed by atoms with Crippen LogP contribution in [-0.4, -0.2) is 42.7 Å². The number of aromatic amines is 1. The van der Waals surface area contributed by atoms with Crippen LogP contribution in [0.4, 0.5) is 0 Å². The van der Waals surface area contributed by atoms with Crippen LogP contribution in [0.2, 0.25) is 0 Å². The molecule has 7 nitrogen and oxygen atoms in total. The number of rotatable bonds is 6. The van der Waals surface area contributed by atoms with Gasteiger partial charge in [0.1, 0.15) is 5.69 Å². The van der Waals surface area contributed by atoms with Gasteiger partial charge < -0.3 is 4.98 Å². The Hall–Kier alpha value is -2.80. The molecule has 1 saturated heterocycles. The van der Waals surface area contributed by atoms with Crippen LogP contribution in [0.3, 0.4) is 0 Å². The van der Waals surface area contributed by atoms with Gasteiger partial charge in [0.05, 0.1) is 11.9 Å². The largest absolute Gasteiger partial charge is 0.305 e. The molecule has 7 heteroatoms. The molecule has 0 spiro atoms. The predicted molar refractivity (Wildman–Crippen MR) is 113 cm³/mol. The van der Waals surface area contributed by atoms with Gasteiger partial charge in [0, 0.05) is 42.5 Å². The molecule has 1 N–H and O–H groups in total. The molecule has 29 heavy (non-hydrogen) atoms.